The maximum Gasteiger partial charge on any atom is 0.194 e. The van der Waals surface area contributed by atoms with Crippen molar-refractivity contribution in [2.75, 3.05) is 38.1 Å². The van der Waals surface area contributed by atoms with Gasteiger partial charge in [0.05, 0.1) is 17.9 Å². The Kier molecular flexibility index (Phi) is 5.42. The van der Waals surface area contributed by atoms with Crippen LogP contribution in [0.1, 0.15) is 11.5 Å². The summed E-state index contributed by atoms with van der Waals surface area (Å²) in [6, 6.07) is 8.81. The minimum Gasteiger partial charge on any atom is -0.366 e. The average molecular weight is 342 g/mol. The molecule has 0 bridgehead atoms. The summed E-state index contributed by atoms with van der Waals surface area (Å²) in [6.07, 6.45) is 1.76. The Hall–Kier alpha value is -2.70. The zero-order chi connectivity index (χ0) is 17.6. The average Bonchev–Trinajstić information content (AvgIpc) is 2.63. The molecule has 25 heavy (non-hydrogen) atoms. The van der Waals surface area contributed by atoms with Gasteiger partial charge in [-0.25, -0.2) is 14.4 Å². The van der Waals surface area contributed by atoms with Crippen LogP contribution in [0.5, 0.6) is 0 Å². The van der Waals surface area contributed by atoms with Crippen molar-refractivity contribution in [3.63, 3.8) is 0 Å². The number of aromatic nitrogens is 2. The van der Waals surface area contributed by atoms with E-state index in [9.17, 15) is 4.39 Å². The third-order valence-electron chi connectivity index (χ3n) is 4.25. The predicted molar refractivity (Wildman–Crippen MR) is 97.2 cm³/mol. The van der Waals surface area contributed by atoms with Crippen LogP contribution >= 0.6 is 0 Å². The Morgan fingerprint density at radius 1 is 1.20 bits per heavy atom. The van der Waals surface area contributed by atoms with E-state index in [0.29, 0.717) is 12.2 Å². The highest BCUT2D eigenvalue weighted by atomic mass is 19.1. The number of aliphatic imine (C=N–C) groups is 1. The first-order valence-corrected chi connectivity index (χ1v) is 8.41. The minimum atomic E-state index is -0.169. The van der Waals surface area contributed by atoms with Crippen molar-refractivity contribution < 1.29 is 4.39 Å². The lowest BCUT2D eigenvalue weighted by molar-refractivity contribution is 0.370. The number of hydrogen-bond donors (Lipinski definition) is 1. The molecule has 0 saturated carbocycles. The van der Waals surface area contributed by atoms with Crippen molar-refractivity contribution in [1.82, 2.24) is 20.2 Å². The molecule has 132 valence electrons. The Balaban J connectivity index is 1.56. The van der Waals surface area contributed by atoms with Crippen LogP contribution in [0.4, 0.5) is 10.1 Å². The van der Waals surface area contributed by atoms with Crippen LogP contribution in [0.3, 0.4) is 0 Å². The topological polar surface area (TPSA) is 56.7 Å². The van der Waals surface area contributed by atoms with E-state index in [4.69, 9.17) is 0 Å². The van der Waals surface area contributed by atoms with E-state index in [2.05, 4.69) is 30.1 Å². The van der Waals surface area contributed by atoms with Crippen molar-refractivity contribution in [2.24, 2.45) is 4.99 Å². The van der Waals surface area contributed by atoms with Crippen LogP contribution in [-0.4, -0.2) is 54.1 Å². The summed E-state index contributed by atoms with van der Waals surface area (Å²) >= 11 is 0. The number of nitrogens with zero attached hydrogens (tertiary/aromatic N) is 5. The summed E-state index contributed by atoms with van der Waals surface area (Å²) in [6.45, 7) is 5.57. The normalized spacial score (nSPS) is 15.4. The van der Waals surface area contributed by atoms with Crippen molar-refractivity contribution in [1.29, 1.82) is 0 Å². The zero-order valence-electron chi connectivity index (χ0n) is 14.6. The highest BCUT2D eigenvalue weighted by Crippen LogP contribution is 2.20. The van der Waals surface area contributed by atoms with E-state index in [1.165, 1.54) is 6.07 Å². The molecule has 1 aromatic heterocycles. The molecule has 2 aromatic rings. The summed E-state index contributed by atoms with van der Waals surface area (Å²) < 4.78 is 13.9. The van der Waals surface area contributed by atoms with Crippen LogP contribution in [0.2, 0.25) is 0 Å². The van der Waals surface area contributed by atoms with E-state index in [-0.39, 0.29) is 5.82 Å². The van der Waals surface area contributed by atoms with Gasteiger partial charge in [-0.1, -0.05) is 12.1 Å². The molecule has 0 atom stereocenters. The van der Waals surface area contributed by atoms with Gasteiger partial charge in [0.15, 0.2) is 5.96 Å². The number of piperazine rings is 1. The monoisotopic (exact) mass is 342 g/mol. The maximum absolute atomic E-state index is 13.9. The number of nitrogens with one attached hydrogen (secondary N) is 1. The summed E-state index contributed by atoms with van der Waals surface area (Å²) in [5, 5.41) is 3.34. The van der Waals surface area contributed by atoms with Crippen molar-refractivity contribution >= 4 is 11.6 Å². The Labute approximate surface area is 147 Å². The lowest BCUT2D eigenvalue weighted by Gasteiger charge is -2.37. The molecule has 7 heteroatoms. The van der Waals surface area contributed by atoms with Gasteiger partial charge < -0.3 is 15.1 Å². The first kappa shape index (κ1) is 17.1. The maximum atomic E-state index is 13.9. The van der Waals surface area contributed by atoms with Gasteiger partial charge in [-0.3, -0.25) is 4.99 Å². The highest BCUT2D eigenvalue weighted by Gasteiger charge is 2.21. The van der Waals surface area contributed by atoms with Crippen LogP contribution in [0.25, 0.3) is 0 Å². The van der Waals surface area contributed by atoms with Gasteiger partial charge in [0.25, 0.3) is 0 Å². The number of para-hydroxylation sites is 1. The number of halogens is 1. The third-order valence-corrected chi connectivity index (χ3v) is 4.25. The van der Waals surface area contributed by atoms with Crippen LogP contribution < -0.4 is 10.2 Å². The van der Waals surface area contributed by atoms with Crippen molar-refractivity contribution in [3.8, 4) is 0 Å². The van der Waals surface area contributed by atoms with E-state index in [1.54, 1.807) is 19.3 Å². The van der Waals surface area contributed by atoms with Gasteiger partial charge >= 0.3 is 0 Å². The molecule has 1 fully saturated rings. The molecule has 0 radical (unpaired) electrons. The van der Waals surface area contributed by atoms with Gasteiger partial charge in [-0.15, -0.1) is 0 Å². The molecular formula is C18H23FN6. The summed E-state index contributed by atoms with van der Waals surface area (Å²) in [7, 11) is 1.77. The van der Waals surface area contributed by atoms with Crippen molar-refractivity contribution in [2.45, 2.75) is 13.5 Å². The first-order chi connectivity index (χ1) is 12.2. The Morgan fingerprint density at radius 3 is 2.64 bits per heavy atom. The largest absolute Gasteiger partial charge is 0.366 e. The SMILES string of the molecule is CN=C(NCc1ccnc(C)n1)N1CCN(c2ccccc2F)CC1. The van der Waals surface area contributed by atoms with Gasteiger partial charge in [0.2, 0.25) is 0 Å². The molecule has 1 aliphatic heterocycles. The number of guanidine groups is 1. The second-order valence-electron chi connectivity index (χ2n) is 5.92. The fourth-order valence-electron chi connectivity index (χ4n) is 2.97. The molecule has 3 rings (SSSR count). The number of benzene rings is 1. The zero-order valence-corrected chi connectivity index (χ0v) is 14.6. The fourth-order valence-corrected chi connectivity index (χ4v) is 2.97. The molecule has 6 nitrogen and oxygen atoms in total. The van der Waals surface area contributed by atoms with Crippen LogP contribution in [0, 0.1) is 12.7 Å². The fraction of sp³-hybridized carbons (Fsp3) is 0.389. The van der Waals surface area contributed by atoms with Gasteiger partial charge in [-0.05, 0) is 25.1 Å². The smallest absolute Gasteiger partial charge is 0.194 e. The Morgan fingerprint density at radius 2 is 1.96 bits per heavy atom. The highest BCUT2D eigenvalue weighted by molar-refractivity contribution is 5.80. The van der Waals surface area contributed by atoms with E-state index in [0.717, 1.165) is 43.7 Å². The van der Waals surface area contributed by atoms with Gasteiger partial charge in [0.1, 0.15) is 11.6 Å². The second-order valence-corrected chi connectivity index (χ2v) is 5.92. The van der Waals surface area contributed by atoms with E-state index >= 15 is 0 Å². The predicted octanol–water partition coefficient (Wildman–Crippen LogP) is 1.82. The first-order valence-electron chi connectivity index (χ1n) is 8.41. The summed E-state index contributed by atoms with van der Waals surface area (Å²) in [5.41, 5.74) is 1.60. The molecular weight excluding hydrogens is 319 g/mol. The van der Waals surface area contributed by atoms with Crippen molar-refractivity contribution in [3.05, 3.63) is 53.9 Å². The van der Waals surface area contributed by atoms with Crippen LogP contribution in [-0.2, 0) is 6.54 Å². The molecule has 1 saturated heterocycles. The quantitative estimate of drug-likeness (QED) is 0.681. The lowest BCUT2D eigenvalue weighted by Crippen LogP contribution is -2.52. The summed E-state index contributed by atoms with van der Waals surface area (Å²) in [5.74, 6) is 1.43. The molecule has 0 aliphatic carbocycles. The molecule has 0 spiro atoms. The molecule has 1 aliphatic rings. The Bertz CT molecular complexity index is 740. The van der Waals surface area contributed by atoms with Gasteiger partial charge in [-0.2, -0.15) is 0 Å². The molecule has 0 unspecified atom stereocenters. The lowest BCUT2D eigenvalue weighted by atomic mass is 10.2. The third kappa shape index (κ3) is 4.23. The standard InChI is InChI=1S/C18H23FN6/c1-14-21-8-7-15(23-14)13-22-18(20-2)25-11-9-24(10-12-25)17-6-4-3-5-16(17)19/h3-8H,9-13H2,1-2H3,(H,20,22). The number of anilines is 1. The number of hydrogen-bond acceptors (Lipinski definition) is 4. The van der Waals surface area contributed by atoms with E-state index < -0.39 is 0 Å². The molecule has 2 heterocycles. The van der Waals surface area contributed by atoms with E-state index in [1.807, 2.05) is 25.1 Å². The van der Waals surface area contributed by atoms with Gasteiger partial charge in [0, 0.05) is 39.4 Å². The molecule has 0 amide bonds. The number of aryl methyl sites for hydroxylation is 1. The second kappa shape index (κ2) is 7.92. The minimum absolute atomic E-state index is 0.169. The van der Waals surface area contributed by atoms with Crippen LogP contribution in [0.15, 0.2) is 41.5 Å². The number of rotatable bonds is 3. The molecule has 1 aromatic carbocycles. The molecule has 1 N–H and O–H groups in total. The summed E-state index contributed by atoms with van der Waals surface area (Å²) in [4.78, 5) is 17.1.